The van der Waals surface area contributed by atoms with E-state index in [9.17, 15) is 0 Å². The van der Waals surface area contributed by atoms with Crippen molar-refractivity contribution in [1.29, 1.82) is 0 Å². The summed E-state index contributed by atoms with van der Waals surface area (Å²) in [5.74, 6) is 1.58. The van der Waals surface area contributed by atoms with Crippen molar-refractivity contribution in [3.8, 4) is 0 Å². The van der Waals surface area contributed by atoms with Crippen molar-refractivity contribution in [3.05, 3.63) is 46.4 Å². The minimum absolute atomic E-state index is 0.460. The molecule has 0 N–H and O–H groups in total. The number of benzene rings is 1. The first kappa shape index (κ1) is 14.9. The van der Waals surface area contributed by atoms with Gasteiger partial charge in [0.25, 0.3) is 0 Å². The van der Waals surface area contributed by atoms with E-state index in [1.807, 2.05) is 0 Å². The second-order valence-electron chi connectivity index (χ2n) is 7.75. The monoisotopic (exact) mass is 281 g/mol. The lowest BCUT2D eigenvalue weighted by atomic mass is 9.90. The van der Waals surface area contributed by atoms with E-state index in [2.05, 4.69) is 45.1 Å². The van der Waals surface area contributed by atoms with Crippen LogP contribution in [0.3, 0.4) is 0 Å². The van der Waals surface area contributed by atoms with Crippen LogP contribution in [0.25, 0.3) is 6.08 Å². The molecule has 1 aromatic carbocycles. The fourth-order valence-corrected chi connectivity index (χ4v) is 3.96. The number of unbranched alkanes of at least 4 members (excludes halogenated alkanes) is 4. The standard InChI is InChI=1S/C21H29/c1-4-5-6-7-8-9-16-10-11-17-12-18-14-21(2,3)15-19(18)13-20(16)17/h10-13H,4-9,14-15H2,1-3H3. The topological polar surface area (TPSA) is 0 Å². The van der Waals surface area contributed by atoms with E-state index in [1.54, 1.807) is 17.0 Å². The summed E-state index contributed by atoms with van der Waals surface area (Å²) in [4.78, 5) is 0. The first-order chi connectivity index (χ1) is 10.1. The van der Waals surface area contributed by atoms with E-state index in [-0.39, 0.29) is 0 Å². The SMILES string of the molecule is CCCCCCC[C]1C=Cc2cc3c(cc21)CC(C)(C)C3. The van der Waals surface area contributed by atoms with Gasteiger partial charge in [0, 0.05) is 5.92 Å². The van der Waals surface area contributed by atoms with Crippen LogP contribution in [0.1, 0.15) is 81.5 Å². The Morgan fingerprint density at radius 3 is 2.38 bits per heavy atom. The Labute approximate surface area is 130 Å². The molecule has 21 heavy (non-hydrogen) atoms. The second-order valence-corrected chi connectivity index (χ2v) is 7.75. The lowest BCUT2D eigenvalue weighted by Gasteiger charge is -2.14. The van der Waals surface area contributed by atoms with Crippen LogP contribution in [0.4, 0.5) is 0 Å². The van der Waals surface area contributed by atoms with Crippen molar-refractivity contribution < 1.29 is 0 Å². The number of allylic oxidation sites excluding steroid dienone is 1. The highest BCUT2D eigenvalue weighted by Crippen LogP contribution is 2.41. The molecule has 0 saturated carbocycles. The quantitative estimate of drug-likeness (QED) is 0.551. The van der Waals surface area contributed by atoms with E-state index < -0.39 is 0 Å². The fraction of sp³-hybridized carbons (Fsp3) is 0.571. The average Bonchev–Trinajstić information content (AvgIpc) is 2.94. The van der Waals surface area contributed by atoms with Crippen molar-refractivity contribution in [2.45, 2.75) is 72.1 Å². The van der Waals surface area contributed by atoms with Gasteiger partial charge in [0.1, 0.15) is 0 Å². The molecule has 0 unspecified atom stereocenters. The van der Waals surface area contributed by atoms with E-state index >= 15 is 0 Å². The molecule has 0 saturated heterocycles. The van der Waals surface area contributed by atoms with Gasteiger partial charge in [-0.15, -0.1) is 0 Å². The zero-order valence-electron chi connectivity index (χ0n) is 14.0. The second kappa shape index (κ2) is 5.99. The maximum atomic E-state index is 2.50. The van der Waals surface area contributed by atoms with Crippen LogP contribution in [-0.4, -0.2) is 0 Å². The highest BCUT2D eigenvalue weighted by Gasteiger charge is 2.30. The fourth-order valence-electron chi connectivity index (χ4n) is 3.96. The highest BCUT2D eigenvalue weighted by atomic mass is 14.3. The van der Waals surface area contributed by atoms with E-state index in [1.165, 1.54) is 62.5 Å². The van der Waals surface area contributed by atoms with E-state index in [4.69, 9.17) is 0 Å². The summed E-state index contributed by atoms with van der Waals surface area (Å²) in [5.41, 5.74) is 6.65. The van der Waals surface area contributed by atoms with E-state index in [0.29, 0.717) is 5.41 Å². The largest absolute Gasteiger partial charge is 0.0721 e. The molecule has 0 aromatic heterocycles. The Morgan fingerprint density at radius 2 is 1.62 bits per heavy atom. The summed E-state index contributed by atoms with van der Waals surface area (Å²) in [7, 11) is 0. The zero-order valence-corrected chi connectivity index (χ0v) is 14.0. The molecular weight excluding hydrogens is 252 g/mol. The van der Waals surface area contributed by atoms with Crippen LogP contribution < -0.4 is 0 Å². The first-order valence-electron chi connectivity index (χ1n) is 8.79. The van der Waals surface area contributed by atoms with Gasteiger partial charge in [-0.1, -0.05) is 77.2 Å². The third-order valence-corrected chi connectivity index (χ3v) is 5.07. The van der Waals surface area contributed by atoms with Crippen LogP contribution >= 0.6 is 0 Å². The number of hydrogen-bond acceptors (Lipinski definition) is 0. The lowest BCUT2D eigenvalue weighted by molar-refractivity contribution is 0.392. The molecule has 0 fully saturated rings. The molecule has 0 bridgehead atoms. The summed E-state index contributed by atoms with van der Waals surface area (Å²) in [5, 5.41) is 0. The highest BCUT2D eigenvalue weighted by molar-refractivity contribution is 5.70. The molecule has 0 amide bonds. The average molecular weight is 281 g/mol. The lowest BCUT2D eigenvalue weighted by Crippen LogP contribution is -2.09. The zero-order chi connectivity index (χ0) is 14.9. The third-order valence-electron chi connectivity index (χ3n) is 5.07. The minimum atomic E-state index is 0.460. The molecule has 0 spiro atoms. The van der Waals surface area contributed by atoms with Gasteiger partial charge in [0.15, 0.2) is 0 Å². The Bertz CT molecular complexity index is 533. The Morgan fingerprint density at radius 1 is 0.905 bits per heavy atom. The van der Waals surface area contributed by atoms with Crippen LogP contribution in [-0.2, 0) is 12.8 Å². The number of hydrogen-bond donors (Lipinski definition) is 0. The molecule has 0 nitrogen and oxygen atoms in total. The first-order valence-corrected chi connectivity index (χ1v) is 8.79. The Kier molecular flexibility index (Phi) is 4.24. The predicted molar refractivity (Wildman–Crippen MR) is 92.4 cm³/mol. The Hall–Kier alpha value is -1.04. The normalized spacial score (nSPS) is 19.0. The molecule has 3 rings (SSSR count). The molecule has 0 atom stereocenters. The van der Waals surface area contributed by atoms with Gasteiger partial charge >= 0.3 is 0 Å². The van der Waals surface area contributed by atoms with Gasteiger partial charge in [0.2, 0.25) is 0 Å². The number of rotatable bonds is 6. The van der Waals surface area contributed by atoms with Crippen molar-refractivity contribution in [3.63, 3.8) is 0 Å². The third kappa shape index (κ3) is 3.25. The van der Waals surface area contributed by atoms with E-state index in [0.717, 1.165) is 0 Å². The Balaban J connectivity index is 1.65. The molecule has 0 heteroatoms. The minimum Gasteiger partial charge on any atom is -0.0721 e. The van der Waals surface area contributed by atoms with Crippen LogP contribution in [0, 0.1) is 11.3 Å². The van der Waals surface area contributed by atoms with Crippen molar-refractivity contribution >= 4 is 6.08 Å². The molecule has 113 valence electrons. The van der Waals surface area contributed by atoms with Gasteiger partial charge in [-0.05, 0) is 46.9 Å². The molecule has 2 aliphatic carbocycles. The van der Waals surface area contributed by atoms with Crippen LogP contribution in [0.2, 0.25) is 0 Å². The number of fused-ring (bicyclic) bond motifs is 2. The van der Waals surface area contributed by atoms with Crippen molar-refractivity contribution in [2.75, 3.05) is 0 Å². The summed E-state index contributed by atoms with van der Waals surface area (Å²) in [6, 6.07) is 4.96. The van der Waals surface area contributed by atoms with Crippen molar-refractivity contribution in [2.24, 2.45) is 5.41 Å². The van der Waals surface area contributed by atoms with Gasteiger partial charge < -0.3 is 0 Å². The summed E-state index contributed by atoms with van der Waals surface area (Å²) in [6.07, 6.45) is 15.3. The summed E-state index contributed by atoms with van der Waals surface area (Å²) >= 11 is 0. The van der Waals surface area contributed by atoms with Crippen LogP contribution in [0.5, 0.6) is 0 Å². The van der Waals surface area contributed by atoms with Crippen LogP contribution in [0.15, 0.2) is 18.2 Å². The van der Waals surface area contributed by atoms with Gasteiger partial charge in [-0.25, -0.2) is 0 Å². The van der Waals surface area contributed by atoms with Gasteiger partial charge in [-0.3, -0.25) is 0 Å². The molecule has 1 radical (unpaired) electrons. The van der Waals surface area contributed by atoms with Crippen molar-refractivity contribution in [1.82, 2.24) is 0 Å². The summed E-state index contributed by atoms with van der Waals surface area (Å²) < 4.78 is 0. The summed E-state index contributed by atoms with van der Waals surface area (Å²) in [6.45, 7) is 7.07. The van der Waals surface area contributed by atoms with Gasteiger partial charge in [-0.2, -0.15) is 0 Å². The molecule has 1 aromatic rings. The molecular formula is C21H29. The smallest absolute Gasteiger partial charge is 0.0273 e. The molecule has 2 aliphatic rings. The maximum absolute atomic E-state index is 2.50. The molecule has 0 aliphatic heterocycles. The maximum Gasteiger partial charge on any atom is 0.0273 e. The molecule has 0 heterocycles. The van der Waals surface area contributed by atoms with Gasteiger partial charge in [0.05, 0.1) is 0 Å². The predicted octanol–water partition coefficient (Wildman–Crippen LogP) is 6.12.